The van der Waals surface area contributed by atoms with Gasteiger partial charge in [-0.1, -0.05) is 18.2 Å². The minimum Gasteiger partial charge on any atom is -0.383 e. The number of anilines is 1. The van der Waals surface area contributed by atoms with E-state index in [1.54, 1.807) is 7.11 Å². The SMILES string of the molecule is COCCN(CC(=O)N(Cc1cccn1C)C1CC1)C(=O)Nc1ccccc1. The monoisotopic (exact) mass is 384 g/mol. The van der Waals surface area contributed by atoms with Crippen LogP contribution in [0, 0.1) is 0 Å². The highest BCUT2D eigenvalue weighted by Crippen LogP contribution is 2.28. The third kappa shape index (κ3) is 5.36. The molecule has 1 aliphatic rings. The summed E-state index contributed by atoms with van der Waals surface area (Å²) in [6, 6.07) is 13.2. The van der Waals surface area contributed by atoms with Crippen LogP contribution in [0.3, 0.4) is 0 Å². The molecule has 0 bridgehead atoms. The van der Waals surface area contributed by atoms with Crippen molar-refractivity contribution in [2.75, 3.05) is 32.1 Å². The van der Waals surface area contributed by atoms with Gasteiger partial charge in [0, 0.05) is 44.3 Å². The summed E-state index contributed by atoms with van der Waals surface area (Å²) in [5.41, 5.74) is 1.78. The lowest BCUT2D eigenvalue weighted by atomic mass is 10.3. The first-order valence-electron chi connectivity index (χ1n) is 9.58. The van der Waals surface area contributed by atoms with Crippen LogP contribution in [-0.2, 0) is 23.1 Å². The molecule has 1 heterocycles. The number of benzene rings is 1. The summed E-state index contributed by atoms with van der Waals surface area (Å²) in [6.45, 7) is 1.31. The molecule has 28 heavy (non-hydrogen) atoms. The summed E-state index contributed by atoms with van der Waals surface area (Å²) < 4.78 is 7.15. The van der Waals surface area contributed by atoms with Crippen LogP contribution in [0.1, 0.15) is 18.5 Å². The predicted molar refractivity (Wildman–Crippen MR) is 108 cm³/mol. The van der Waals surface area contributed by atoms with Crippen molar-refractivity contribution in [3.8, 4) is 0 Å². The number of carbonyl (C=O) groups excluding carboxylic acids is 2. The topological polar surface area (TPSA) is 66.8 Å². The molecule has 2 aromatic rings. The molecule has 7 heteroatoms. The van der Waals surface area contributed by atoms with Gasteiger partial charge in [-0.25, -0.2) is 4.79 Å². The van der Waals surface area contributed by atoms with E-state index in [4.69, 9.17) is 4.74 Å². The summed E-state index contributed by atoms with van der Waals surface area (Å²) >= 11 is 0. The van der Waals surface area contributed by atoms with Crippen LogP contribution < -0.4 is 5.32 Å². The van der Waals surface area contributed by atoms with E-state index >= 15 is 0 Å². The van der Waals surface area contributed by atoms with Gasteiger partial charge >= 0.3 is 6.03 Å². The number of hydrogen-bond donors (Lipinski definition) is 1. The average molecular weight is 384 g/mol. The smallest absolute Gasteiger partial charge is 0.322 e. The molecule has 1 aliphatic carbocycles. The molecular weight excluding hydrogens is 356 g/mol. The van der Waals surface area contributed by atoms with E-state index in [9.17, 15) is 9.59 Å². The van der Waals surface area contributed by atoms with Gasteiger partial charge in [0.15, 0.2) is 0 Å². The number of nitrogens with one attached hydrogen (secondary N) is 1. The van der Waals surface area contributed by atoms with E-state index in [0.29, 0.717) is 25.4 Å². The molecule has 0 aliphatic heterocycles. The van der Waals surface area contributed by atoms with Crippen LogP contribution in [0.5, 0.6) is 0 Å². The van der Waals surface area contributed by atoms with Gasteiger partial charge in [0.1, 0.15) is 6.54 Å². The molecule has 1 N–H and O–H groups in total. The zero-order chi connectivity index (χ0) is 19.9. The highest BCUT2D eigenvalue weighted by molar-refractivity contribution is 5.92. The number of para-hydroxylation sites is 1. The summed E-state index contributed by atoms with van der Waals surface area (Å²) in [7, 11) is 3.56. The van der Waals surface area contributed by atoms with Crippen LogP contribution in [0.2, 0.25) is 0 Å². The summed E-state index contributed by atoms with van der Waals surface area (Å²) in [5.74, 6) is -0.0389. The Balaban J connectivity index is 1.66. The molecule has 0 saturated heterocycles. The van der Waals surface area contributed by atoms with Crippen molar-refractivity contribution in [3.05, 3.63) is 54.4 Å². The van der Waals surface area contributed by atoms with Crippen LogP contribution in [0.15, 0.2) is 48.7 Å². The highest BCUT2D eigenvalue weighted by atomic mass is 16.5. The lowest BCUT2D eigenvalue weighted by molar-refractivity contribution is -0.133. The van der Waals surface area contributed by atoms with E-state index < -0.39 is 0 Å². The number of hydrogen-bond acceptors (Lipinski definition) is 3. The first-order valence-corrected chi connectivity index (χ1v) is 9.58. The standard InChI is InChI=1S/C21H28N4O3/c1-23-12-6-9-19(23)15-25(18-10-11-18)20(26)16-24(13-14-28-2)21(27)22-17-7-4-3-5-8-17/h3-9,12,18H,10-11,13-16H2,1-2H3,(H,22,27). The van der Waals surface area contributed by atoms with Crippen molar-refractivity contribution < 1.29 is 14.3 Å². The van der Waals surface area contributed by atoms with E-state index in [1.165, 1.54) is 4.90 Å². The first-order chi connectivity index (χ1) is 13.6. The maximum Gasteiger partial charge on any atom is 0.322 e. The summed E-state index contributed by atoms with van der Waals surface area (Å²) in [6.07, 6.45) is 4.01. The molecule has 7 nitrogen and oxygen atoms in total. The Hall–Kier alpha value is -2.80. The van der Waals surface area contributed by atoms with Crippen LogP contribution in [0.25, 0.3) is 0 Å². The zero-order valence-electron chi connectivity index (χ0n) is 16.5. The van der Waals surface area contributed by atoms with Gasteiger partial charge in [-0.05, 0) is 37.1 Å². The second-order valence-corrected chi connectivity index (χ2v) is 7.07. The predicted octanol–water partition coefficient (Wildman–Crippen LogP) is 2.70. The van der Waals surface area contributed by atoms with Gasteiger partial charge in [-0.3, -0.25) is 4.79 Å². The first kappa shape index (κ1) is 19.9. The number of nitrogens with zero attached hydrogens (tertiary/aromatic N) is 3. The normalized spacial score (nSPS) is 13.2. The third-order valence-electron chi connectivity index (χ3n) is 4.90. The number of aromatic nitrogens is 1. The van der Waals surface area contributed by atoms with E-state index in [-0.39, 0.29) is 24.5 Å². The Morgan fingerprint density at radius 1 is 1.18 bits per heavy atom. The van der Waals surface area contributed by atoms with Gasteiger partial charge in [0.25, 0.3) is 0 Å². The largest absolute Gasteiger partial charge is 0.383 e. The quantitative estimate of drug-likeness (QED) is 0.723. The van der Waals surface area contributed by atoms with Crippen LogP contribution in [0.4, 0.5) is 10.5 Å². The summed E-state index contributed by atoms with van der Waals surface area (Å²) in [5, 5.41) is 2.85. The number of ether oxygens (including phenoxy) is 1. The molecule has 0 atom stereocenters. The van der Waals surface area contributed by atoms with Crippen LogP contribution >= 0.6 is 0 Å². The van der Waals surface area contributed by atoms with E-state index in [0.717, 1.165) is 18.5 Å². The molecule has 1 aromatic heterocycles. The number of rotatable bonds is 9. The highest BCUT2D eigenvalue weighted by Gasteiger charge is 2.34. The van der Waals surface area contributed by atoms with Gasteiger partial charge in [-0.2, -0.15) is 0 Å². The second kappa shape index (κ2) is 9.41. The number of carbonyl (C=O) groups is 2. The average Bonchev–Trinajstić information content (AvgIpc) is 3.45. The molecule has 0 radical (unpaired) electrons. The zero-order valence-corrected chi connectivity index (χ0v) is 16.5. The molecule has 0 spiro atoms. The number of aryl methyl sites for hydroxylation is 1. The summed E-state index contributed by atoms with van der Waals surface area (Å²) in [4.78, 5) is 29.2. The molecular formula is C21H28N4O3. The number of methoxy groups -OCH3 is 1. The fourth-order valence-corrected chi connectivity index (χ4v) is 3.07. The fourth-order valence-electron chi connectivity index (χ4n) is 3.07. The van der Waals surface area contributed by atoms with Crippen LogP contribution in [-0.4, -0.2) is 59.2 Å². The van der Waals surface area contributed by atoms with E-state index in [1.807, 2.05) is 65.2 Å². The minimum atomic E-state index is -0.300. The fraction of sp³-hybridized carbons (Fsp3) is 0.429. The van der Waals surface area contributed by atoms with E-state index in [2.05, 4.69) is 5.32 Å². The Kier molecular flexibility index (Phi) is 6.71. The van der Waals surface area contributed by atoms with Gasteiger partial charge in [0.2, 0.25) is 5.91 Å². The van der Waals surface area contributed by atoms with Crippen molar-refractivity contribution in [2.24, 2.45) is 7.05 Å². The lowest BCUT2D eigenvalue weighted by Gasteiger charge is -2.28. The van der Waals surface area contributed by atoms with Crippen molar-refractivity contribution >= 4 is 17.6 Å². The molecule has 1 saturated carbocycles. The second-order valence-electron chi connectivity index (χ2n) is 7.07. The van der Waals surface area contributed by atoms with Gasteiger partial charge in [-0.15, -0.1) is 0 Å². The molecule has 3 amide bonds. The number of urea groups is 1. The Bertz CT molecular complexity index is 786. The Morgan fingerprint density at radius 3 is 2.54 bits per heavy atom. The molecule has 1 aromatic carbocycles. The lowest BCUT2D eigenvalue weighted by Crippen LogP contribution is -2.46. The maximum atomic E-state index is 13.0. The number of amides is 3. The molecule has 150 valence electrons. The van der Waals surface area contributed by atoms with Crippen molar-refractivity contribution in [2.45, 2.75) is 25.4 Å². The molecule has 0 unspecified atom stereocenters. The van der Waals surface area contributed by atoms with Gasteiger partial charge < -0.3 is 24.4 Å². The maximum absolute atomic E-state index is 13.0. The van der Waals surface area contributed by atoms with Crippen molar-refractivity contribution in [1.29, 1.82) is 0 Å². The molecule has 3 rings (SSSR count). The third-order valence-corrected chi connectivity index (χ3v) is 4.90. The van der Waals surface area contributed by atoms with Crippen molar-refractivity contribution in [3.63, 3.8) is 0 Å². The Labute approximate surface area is 165 Å². The minimum absolute atomic E-state index is 0.0307. The van der Waals surface area contributed by atoms with Gasteiger partial charge in [0.05, 0.1) is 13.2 Å². The Morgan fingerprint density at radius 2 is 1.93 bits per heavy atom. The van der Waals surface area contributed by atoms with Crippen molar-refractivity contribution in [1.82, 2.24) is 14.4 Å². The molecule has 1 fully saturated rings.